The minimum absolute atomic E-state index is 0.106. The van der Waals surface area contributed by atoms with Gasteiger partial charge in [0, 0.05) is 18.8 Å². The molecule has 1 heterocycles. The van der Waals surface area contributed by atoms with Crippen LogP contribution in [0.3, 0.4) is 0 Å². The summed E-state index contributed by atoms with van der Waals surface area (Å²) >= 11 is 0. The maximum absolute atomic E-state index is 11.3. The quantitative estimate of drug-likeness (QED) is 0.670. The van der Waals surface area contributed by atoms with Crippen LogP contribution in [0.25, 0.3) is 0 Å². The molecule has 2 fully saturated rings. The van der Waals surface area contributed by atoms with E-state index in [2.05, 4.69) is 12.2 Å². The smallest absolute Gasteiger partial charge is 0.226 e. The van der Waals surface area contributed by atoms with Gasteiger partial charge in [0.25, 0.3) is 0 Å². The summed E-state index contributed by atoms with van der Waals surface area (Å²) in [5, 5.41) is 22.9. The number of carbonyl (C=O) groups is 2. The van der Waals surface area contributed by atoms with Crippen LogP contribution in [-0.4, -0.2) is 34.2 Å². The van der Waals surface area contributed by atoms with Gasteiger partial charge in [-0.25, -0.2) is 0 Å². The van der Waals surface area contributed by atoms with Gasteiger partial charge in [-0.2, -0.15) is 0 Å². The molecule has 5 atom stereocenters. The summed E-state index contributed by atoms with van der Waals surface area (Å²) < 4.78 is 0. The standard InChI is InChI=1S/C15H25NO4/c1-8-3-9(2)15(20)11(4-8)12(17)5-10-6-13(18)16-14(19)7-10/h8-12,15,17,20H,3-7H2,1-2H3,(H,16,18,19)/t8-,9+,11?,12-,15+/m1/s1. The zero-order valence-electron chi connectivity index (χ0n) is 12.2. The zero-order valence-corrected chi connectivity index (χ0v) is 12.2. The van der Waals surface area contributed by atoms with E-state index in [1.165, 1.54) is 0 Å². The highest BCUT2D eigenvalue weighted by atomic mass is 16.3. The Morgan fingerprint density at radius 1 is 1.20 bits per heavy atom. The molecule has 5 nitrogen and oxygen atoms in total. The molecule has 0 aromatic heterocycles. The fraction of sp³-hybridized carbons (Fsp3) is 0.867. The molecule has 3 N–H and O–H groups in total. The van der Waals surface area contributed by atoms with Crippen LogP contribution in [-0.2, 0) is 9.59 Å². The molecule has 1 aliphatic carbocycles. The second-order valence-electron chi connectivity index (χ2n) is 6.76. The fourth-order valence-corrected chi connectivity index (χ4v) is 3.82. The van der Waals surface area contributed by atoms with Gasteiger partial charge in [-0.3, -0.25) is 14.9 Å². The Hall–Kier alpha value is -0.940. The molecular formula is C15H25NO4. The van der Waals surface area contributed by atoms with E-state index >= 15 is 0 Å². The molecule has 5 heteroatoms. The second-order valence-corrected chi connectivity index (χ2v) is 6.76. The highest BCUT2D eigenvalue weighted by Crippen LogP contribution is 2.37. The Kier molecular flexibility index (Phi) is 4.81. The number of hydrogen-bond acceptors (Lipinski definition) is 4. The third kappa shape index (κ3) is 3.58. The van der Waals surface area contributed by atoms with E-state index in [0.717, 1.165) is 12.8 Å². The molecule has 0 spiro atoms. The fourth-order valence-electron chi connectivity index (χ4n) is 3.82. The zero-order chi connectivity index (χ0) is 14.9. The minimum Gasteiger partial charge on any atom is -0.393 e. The van der Waals surface area contributed by atoms with Crippen molar-refractivity contribution in [3.8, 4) is 0 Å². The molecule has 1 aliphatic heterocycles. The van der Waals surface area contributed by atoms with E-state index in [1.807, 2.05) is 6.92 Å². The van der Waals surface area contributed by atoms with Gasteiger partial charge in [-0.15, -0.1) is 0 Å². The summed E-state index contributed by atoms with van der Waals surface area (Å²) in [6.45, 7) is 4.15. The first-order chi connectivity index (χ1) is 9.36. The molecule has 1 saturated heterocycles. The first-order valence-corrected chi connectivity index (χ1v) is 7.55. The van der Waals surface area contributed by atoms with Crippen molar-refractivity contribution in [1.29, 1.82) is 0 Å². The number of piperidine rings is 1. The molecule has 114 valence electrons. The van der Waals surface area contributed by atoms with Crippen LogP contribution in [0.2, 0.25) is 0 Å². The Balaban J connectivity index is 1.94. The topological polar surface area (TPSA) is 86.6 Å². The maximum atomic E-state index is 11.3. The van der Waals surface area contributed by atoms with Crippen molar-refractivity contribution in [2.45, 2.75) is 58.2 Å². The lowest BCUT2D eigenvalue weighted by Gasteiger charge is -2.40. The third-order valence-electron chi connectivity index (χ3n) is 4.77. The van der Waals surface area contributed by atoms with Gasteiger partial charge in [0.15, 0.2) is 0 Å². The number of hydrogen-bond donors (Lipinski definition) is 3. The SMILES string of the molecule is C[C@H]1CC([C@H](O)CC2CC(=O)NC(=O)C2)[C@@H](O)[C@@H](C)C1. The first-order valence-electron chi connectivity index (χ1n) is 7.55. The van der Waals surface area contributed by atoms with Crippen LogP contribution in [0, 0.1) is 23.7 Å². The Bertz CT molecular complexity index is 368. The van der Waals surface area contributed by atoms with E-state index in [-0.39, 0.29) is 42.4 Å². The van der Waals surface area contributed by atoms with Crippen LogP contribution in [0.4, 0.5) is 0 Å². The minimum atomic E-state index is -0.640. The van der Waals surface area contributed by atoms with E-state index in [4.69, 9.17) is 0 Å². The van der Waals surface area contributed by atoms with Crippen molar-refractivity contribution in [3.63, 3.8) is 0 Å². The molecular weight excluding hydrogens is 258 g/mol. The van der Waals surface area contributed by atoms with Crippen LogP contribution in [0.5, 0.6) is 0 Å². The largest absolute Gasteiger partial charge is 0.393 e. The molecule has 0 aromatic carbocycles. The normalized spacial score (nSPS) is 37.6. The van der Waals surface area contributed by atoms with E-state index in [1.54, 1.807) is 0 Å². The van der Waals surface area contributed by atoms with Gasteiger partial charge < -0.3 is 10.2 Å². The second kappa shape index (κ2) is 6.22. The van der Waals surface area contributed by atoms with Crippen LogP contribution in [0.15, 0.2) is 0 Å². The Labute approximate surface area is 119 Å². The van der Waals surface area contributed by atoms with Crippen molar-refractivity contribution >= 4 is 11.8 Å². The average molecular weight is 283 g/mol. The lowest BCUT2D eigenvalue weighted by molar-refractivity contribution is -0.135. The summed E-state index contributed by atoms with van der Waals surface area (Å²) in [5.74, 6) is -0.0902. The number of rotatable bonds is 3. The lowest BCUT2D eigenvalue weighted by atomic mass is 9.70. The predicted octanol–water partition coefficient (Wildman–Crippen LogP) is 0.833. The van der Waals surface area contributed by atoms with Gasteiger partial charge in [0.1, 0.15) is 0 Å². The molecule has 2 aliphatic rings. The summed E-state index contributed by atoms with van der Waals surface area (Å²) in [6, 6.07) is 0. The number of aliphatic hydroxyl groups is 2. The van der Waals surface area contributed by atoms with Crippen molar-refractivity contribution in [2.24, 2.45) is 23.7 Å². The van der Waals surface area contributed by atoms with Gasteiger partial charge in [-0.05, 0) is 37.0 Å². The van der Waals surface area contributed by atoms with Gasteiger partial charge in [-0.1, -0.05) is 13.8 Å². The summed E-state index contributed by atoms with van der Waals surface area (Å²) in [7, 11) is 0. The molecule has 20 heavy (non-hydrogen) atoms. The summed E-state index contributed by atoms with van der Waals surface area (Å²) in [4.78, 5) is 22.7. The van der Waals surface area contributed by atoms with Crippen molar-refractivity contribution in [1.82, 2.24) is 5.32 Å². The van der Waals surface area contributed by atoms with Crippen molar-refractivity contribution < 1.29 is 19.8 Å². The number of amides is 2. The monoisotopic (exact) mass is 283 g/mol. The molecule has 0 bridgehead atoms. The number of aliphatic hydroxyl groups excluding tert-OH is 2. The average Bonchev–Trinajstić information content (AvgIpc) is 2.32. The van der Waals surface area contributed by atoms with Crippen molar-refractivity contribution in [3.05, 3.63) is 0 Å². The predicted molar refractivity (Wildman–Crippen MR) is 73.6 cm³/mol. The molecule has 1 saturated carbocycles. The van der Waals surface area contributed by atoms with Gasteiger partial charge >= 0.3 is 0 Å². The van der Waals surface area contributed by atoms with Gasteiger partial charge in [0.2, 0.25) is 11.8 Å². The Morgan fingerprint density at radius 2 is 1.80 bits per heavy atom. The molecule has 1 unspecified atom stereocenters. The molecule has 0 radical (unpaired) electrons. The Morgan fingerprint density at radius 3 is 2.40 bits per heavy atom. The van der Waals surface area contributed by atoms with E-state index in [9.17, 15) is 19.8 Å². The molecule has 0 aromatic rings. The lowest BCUT2D eigenvalue weighted by Crippen LogP contribution is -2.44. The van der Waals surface area contributed by atoms with Gasteiger partial charge in [0.05, 0.1) is 12.2 Å². The van der Waals surface area contributed by atoms with E-state index < -0.39 is 12.2 Å². The highest BCUT2D eigenvalue weighted by Gasteiger charge is 2.38. The number of nitrogens with one attached hydrogen (secondary N) is 1. The maximum Gasteiger partial charge on any atom is 0.226 e. The summed E-state index contributed by atoms with van der Waals surface area (Å²) in [5.41, 5.74) is 0. The van der Waals surface area contributed by atoms with Crippen molar-refractivity contribution in [2.75, 3.05) is 0 Å². The first kappa shape index (κ1) is 15.4. The van der Waals surface area contributed by atoms with Crippen LogP contribution >= 0.6 is 0 Å². The highest BCUT2D eigenvalue weighted by molar-refractivity contribution is 5.97. The summed E-state index contributed by atoms with van der Waals surface area (Å²) in [6.07, 6.45) is 1.65. The molecule has 2 rings (SSSR count). The van der Waals surface area contributed by atoms with Crippen LogP contribution < -0.4 is 5.32 Å². The van der Waals surface area contributed by atoms with E-state index in [0.29, 0.717) is 12.3 Å². The number of carbonyl (C=O) groups excluding carboxylic acids is 2. The number of imide groups is 1. The third-order valence-corrected chi connectivity index (χ3v) is 4.77. The molecule has 2 amide bonds. The van der Waals surface area contributed by atoms with Crippen LogP contribution in [0.1, 0.15) is 46.0 Å².